The lowest BCUT2D eigenvalue weighted by molar-refractivity contribution is 0.210. The summed E-state index contributed by atoms with van der Waals surface area (Å²) in [6.45, 7) is 9.00. The molecule has 0 N–H and O–H groups in total. The zero-order chi connectivity index (χ0) is 12.0. The van der Waals surface area contributed by atoms with Gasteiger partial charge in [0.2, 0.25) is 0 Å². The number of hydrogen-bond acceptors (Lipinski definition) is 1. The maximum Gasteiger partial charge on any atom is 0.192 e. The highest BCUT2D eigenvalue weighted by atomic mass is 28.4. The average molecular weight is 236 g/mol. The molecule has 0 saturated heterocycles. The summed E-state index contributed by atoms with van der Waals surface area (Å²) in [5, 5.41) is 0. The third kappa shape index (κ3) is 3.19. The first-order chi connectivity index (χ1) is 7.67. The third-order valence-electron chi connectivity index (χ3n) is 3.63. The molecular weight excluding hydrogens is 212 g/mol. The van der Waals surface area contributed by atoms with E-state index in [2.05, 4.69) is 58.0 Å². The molecule has 0 heterocycles. The molecule has 0 saturated carbocycles. The van der Waals surface area contributed by atoms with Crippen LogP contribution < -0.4 is 0 Å². The van der Waals surface area contributed by atoms with Crippen molar-refractivity contribution >= 4 is 8.32 Å². The molecule has 1 aromatic carbocycles. The molecule has 1 rings (SSSR count). The largest absolute Gasteiger partial charge is 0.410 e. The Morgan fingerprint density at radius 2 is 1.50 bits per heavy atom. The monoisotopic (exact) mass is 236 g/mol. The molecule has 0 amide bonds. The Hall–Kier alpha value is -0.603. The van der Waals surface area contributed by atoms with Gasteiger partial charge in [-0.2, -0.15) is 0 Å². The Morgan fingerprint density at radius 3 is 1.94 bits per heavy atom. The maximum atomic E-state index is 6.41. The van der Waals surface area contributed by atoms with Gasteiger partial charge in [0.25, 0.3) is 0 Å². The van der Waals surface area contributed by atoms with Crippen molar-refractivity contribution in [1.29, 1.82) is 0 Å². The van der Waals surface area contributed by atoms with Crippen LogP contribution in [0.2, 0.25) is 18.1 Å². The second kappa shape index (κ2) is 6.21. The summed E-state index contributed by atoms with van der Waals surface area (Å²) in [5.41, 5.74) is 1.30. The molecule has 1 unspecified atom stereocenters. The molecule has 0 fully saturated rings. The molecule has 0 radical (unpaired) electrons. The van der Waals surface area contributed by atoms with E-state index >= 15 is 0 Å². The second-order valence-corrected chi connectivity index (χ2v) is 9.14. The van der Waals surface area contributed by atoms with Crippen molar-refractivity contribution < 1.29 is 4.43 Å². The molecule has 2 heteroatoms. The quantitative estimate of drug-likeness (QED) is 0.646. The topological polar surface area (TPSA) is 9.23 Å². The van der Waals surface area contributed by atoms with Gasteiger partial charge < -0.3 is 4.43 Å². The first kappa shape index (κ1) is 13.5. The molecule has 0 aliphatic heterocycles. The van der Waals surface area contributed by atoms with Gasteiger partial charge in [0, 0.05) is 0 Å². The summed E-state index contributed by atoms with van der Waals surface area (Å²) in [6.07, 6.45) is 0.243. The van der Waals surface area contributed by atoms with Crippen molar-refractivity contribution in [2.24, 2.45) is 0 Å². The van der Waals surface area contributed by atoms with Crippen LogP contribution in [0.15, 0.2) is 30.3 Å². The Labute approximate surface area is 101 Å². The van der Waals surface area contributed by atoms with E-state index in [9.17, 15) is 0 Å². The van der Waals surface area contributed by atoms with E-state index < -0.39 is 8.32 Å². The van der Waals surface area contributed by atoms with Gasteiger partial charge in [0.05, 0.1) is 6.10 Å². The van der Waals surface area contributed by atoms with Crippen molar-refractivity contribution in [2.45, 2.75) is 51.9 Å². The minimum atomic E-state index is -1.46. The molecular formula is C14H24OSi. The van der Waals surface area contributed by atoms with Crippen LogP contribution in [0.3, 0.4) is 0 Å². The van der Waals surface area contributed by atoms with Crippen LogP contribution in [0.5, 0.6) is 0 Å². The molecule has 90 valence electrons. The van der Waals surface area contributed by atoms with E-state index in [0.29, 0.717) is 0 Å². The van der Waals surface area contributed by atoms with Crippen LogP contribution in [0.4, 0.5) is 0 Å². The molecule has 0 aromatic heterocycles. The van der Waals surface area contributed by atoms with Crippen molar-refractivity contribution in [3.05, 3.63) is 35.9 Å². The highest BCUT2D eigenvalue weighted by molar-refractivity contribution is 6.73. The van der Waals surface area contributed by atoms with Gasteiger partial charge in [0.15, 0.2) is 8.32 Å². The van der Waals surface area contributed by atoms with Crippen molar-refractivity contribution in [1.82, 2.24) is 0 Å². The second-order valence-electron chi connectivity index (χ2n) is 4.41. The van der Waals surface area contributed by atoms with Crippen LogP contribution in [0, 0.1) is 0 Å². The number of hydrogen-bond donors (Lipinski definition) is 0. The summed E-state index contributed by atoms with van der Waals surface area (Å²) in [4.78, 5) is 0. The zero-order valence-electron chi connectivity index (χ0n) is 11.0. The predicted molar refractivity (Wildman–Crippen MR) is 73.1 cm³/mol. The van der Waals surface area contributed by atoms with Gasteiger partial charge >= 0.3 is 0 Å². The molecule has 0 aliphatic carbocycles. The first-order valence-electron chi connectivity index (χ1n) is 6.40. The third-order valence-corrected chi connectivity index (χ3v) is 8.35. The van der Waals surface area contributed by atoms with Gasteiger partial charge in [-0.1, -0.05) is 51.1 Å². The van der Waals surface area contributed by atoms with Crippen molar-refractivity contribution in [3.63, 3.8) is 0 Å². The van der Waals surface area contributed by atoms with Crippen LogP contribution in [-0.2, 0) is 4.43 Å². The van der Waals surface area contributed by atoms with E-state index in [1.165, 1.54) is 23.7 Å². The molecule has 1 nitrogen and oxygen atoms in total. The van der Waals surface area contributed by atoms with Gasteiger partial charge in [0.1, 0.15) is 0 Å². The van der Waals surface area contributed by atoms with E-state index in [1.54, 1.807) is 0 Å². The fourth-order valence-corrected chi connectivity index (χ4v) is 5.05. The van der Waals surface area contributed by atoms with Crippen molar-refractivity contribution in [2.75, 3.05) is 0 Å². The lowest BCUT2D eigenvalue weighted by atomic mass is 10.1. The SMILES string of the molecule is CC[Si](CC)(CC)OC(C)c1ccccc1. The maximum absolute atomic E-state index is 6.41. The number of rotatable bonds is 6. The molecule has 0 spiro atoms. The van der Waals surface area contributed by atoms with Gasteiger partial charge in [-0.3, -0.25) is 0 Å². The normalized spacial score (nSPS) is 13.8. The minimum absolute atomic E-state index is 0.243. The van der Waals surface area contributed by atoms with E-state index in [0.717, 1.165) is 0 Å². The van der Waals surface area contributed by atoms with E-state index in [4.69, 9.17) is 4.43 Å². The zero-order valence-corrected chi connectivity index (χ0v) is 12.0. The average Bonchev–Trinajstić information content (AvgIpc) is 2.37. The minimum Gasteiger partial charge on any atom is -0.410 e. The smallest absolute Gasteiger partial charge is 0.192 e. The fourth-order valence-electron chi connectivity index (χ4n) is 2.17. The molecule has 0 bridgehead atoms. The Morgan fingerprint density at radius 1 is 1.00 bits per heavy atom. The molecule has 0 aliphatic rings. The van der Waals surface area contributed by atoms with Crippen molar-refractivity contribution in [3.8, 4) is 0 Å². The molecule has 1 aromatic rings. The Kier molecular flexibility index (Phi) is 5.23. The fraction of sp³-hybridized carbons (Fsp3) is 0.571. The van der Waals surface area contributed by atoms with Crippen LogP contribution in [-0.4, -0.2) is 8.32 Å². The van der Waals surface area contributed by atoms with E-state index in [1.807, 2.05) is 0 Å². The van der Waals surface area contributed by atoms with E-state index in [-0.39, 0.29) is 6.10 Å². The number of benzene rings is 1. The Balaban J connectivity index is 2.73. The van der Waals surface area contributed by atoms with Gasteiger partial charge in [-0.15, -0.1) is 0 Å². The summed E-state index contributed by atoms with van der Waals surface area (Å²) in [5.74, 6) is 0. The van der Waals surface area contributed by atoms with Gasteiger partial charge in [-0.05, 0) is 30.6 Å². The summed E-state index contributed by atoms with van der Waals surface area (Å²) < 4.78 is 6.41. The lowest BCUT2D eigenvalue weighted by Gasteiger charge is -2.31. The molecule has 1 atom stereocenters. The highest BCUT2D eigenvalue weighted by Gasteiger charge is 2.30. The summed E-state index contributed by atoms with van der Waals surface area (Å²) in [7, 11) is -1.46. The standard InChI is InChI=1S/C14H24OSi/c1-5-16(6-2,7-3)15-13(4)14-11-9-8-10-12-14/h8-13H,5-7H2,1-4H3. The summed E-state index contributed by atoms with van der Waals surface area (Å²) >= 11 is 0. The predicted octanol–water partition coefficient (Wildman–Crippen LogP) is 4.77. The summed E-state index contributed by atoms with van der Waals surface area (Å²) in [6, 6.07) is 14.2. The lowest BCUT2D eigenvalue weighted by Crippen LogP contribution is -2.36. The molecule has 16 heavy (non-hydrogen) atoms. The van der Waals surface area contributed by atoms with Gasteiger partial charge in [-0.25, -0.2) is 0 Å². The Bertz CT molecular complexity index is 285. The highest BCUT2D eigenvalue weighted by Crippen LogP contribution is 2.29. The van der Waals surface area contributed by atoms with Crippen LogP contribution in [0.25, 0.3) is 0 Å². The first-order valence-corrected chi connectivity index (χ1v) is 8.93. The van der Waals surface area contributed by atoms with Crippen LogP contribution >= 0.6 is 0 Å². The van der Waals surface area contributed by atoms with Crippen LogP contribution in [0.1, 0.15) is 39.4 Å².